The number of hydrazone groups is 1. The minimum absolute atomic E-state index is 0.121. The van der Waals surface area contributed by atoms with E-state index in [1.165, 1.54) is 6.34 Å². The maximum absolute atomic E-state index is 10.1. The van der Waals surface area contributed by atoms with Gasteiger partial charge < -0.3 is 22.0 Å². The van der Waals surface area contributed by atoms with Crippen molar-refractivity contribution >= 4 is 12.3 Å². The van der Waals surface area contributed by atoms with E-state index in [-0.39, 0.29) is 6.54 Å². The molecule has 0 aromatic carbocycles. The number of aliphatic carboxylic acids is 1. The molecule has 0 amide bonds. The quantitative estimate of drug-likeness (QED) is 0.157. The lowest BCUT2D eigenvalue weighted by Crippen LogP contribution is -2.39. The molecule has 0 heterocycles. The molecule has 0 rings (SSSR count). The van der Waals surface area contributed by atoms with Crippen LogP contribution in [-0.4, -0.2) is 30.0 Å². The Kier molecular flexibility index (Phi) is 3.97. The topological polar surface area (TPSA) is 114 Å². The highest BCUT2D eigenvalue weighted by molar-refractivity contribution is 5.73. The van der Waals surface area contributed by atoms with Gasteiger partial charge in [-0.15, -0.1) is 0 Å². The van der Waals surface area contributed by atoms with Gasteiger partial charge >= 0.3 is 5.97 Å². The molecule has 0 spiro atoms. The second kappa shape index (κ2) is 4.57. The average Bonchev–Trinajstić information content (AvgIpc) is 1.88. The Bertz CT molecular complexity index is 135. The van der Waals surface area contributed by atoms with Crippen LogP contribution in [0.25, 0.3) is 0 Å². The Morgan fingerprint density at radius 1 is 1.90 bits per heavy atom. The second-order valence-corrected chi connectivity index (χ2v) is 1.63. The standard InChI is InChI=1S/C4H10N4O2/c5-3(4(9)10)1-7-2-8-6/h2-3H,1,5-6H2,(H,7,8)(H,9,10)/t3-/m0/s1. The number of carboxylic acids is 1. The van der Waals surface area contributed by atoms with Crippen molar-refractivity contribution in [3.05, 3.63) is 0 Å². The lowest BCUT2D eigenvalue weighted by Gasteiger charge is -2.03. The van der Waals surface area contributed by atoms with Gasteiger partial charge in [0.1, 0.15) is 12.4 Å². The number of carbonyl (C=O) groups is 1. The van der Waals surface area contributed by atoms with Gasteiger partial charge in [0.05, 0.1) is 0 Å². The lowest BCUT2D eigenvalue weighted by molar-refractivity contribution is -0.138. The van der Waals surface area contributed by atoms with E-state index >= 15 is 0 Å². The lowest BCUT2D eigenvalue weighted by atomic mass is 10.3. The van der Waals surface area contributed by atoms with E-state index in [1.807, 2.05) is 0 Å². The normalized spacial score (nSPS) is 13.3. The molecule has 58 valence electrons. The minimum Gasteiger partial charge on any atom is -0.480 e. The SMILES string of the molecule is NN=CNC[C@H](N)C(=O)O. The van der Waals surface area contributed by atoms with Crippen LogP contribution >= 0.6 is 0 Å². The van der Waals surface area contributed by atoms with Gasteiger partial charge in [-0.2, -0.15) is 5.10 Å². The summed E-state index contributed by atoms with van der Waals surface area (Å²) in [6.45, 7) is 0.121. The van der Waals surface area contributed by atoms with Crippen LogP contribution in [0.5, 0.6) is 0 Å². The number of nitrogens with zero attached hydrogens (tertiary/aromatic N) is 1. The monoisotopic (exact) mass is 146 g/mol. The summed E-state index contributed by atoms with van der Waals surface area (Å²) >= 11 is 0. The fraction of sp³-hybridized carbons (Fsp3) is 0.500. The molecule has 0 saturated carbocycles. The van der Waals surface area contributed by atoms with Crippen molar-refractivity contribution in [3.63, 3.8) is 0 Å². The summed E-state index contributed by atoms with van der Waals surface area (Å²) in [5.74, 6) is 3.65. The zero-order valence-electron chi connectivity index (χ0n) is 5.32. The van der Waals surface area contributed by atoms with Gasteiger partial charge in [-0.3, -0.25) is 4.79 Å². The molecule has 0 bridgehead atoms. The van der Waals surface area contributed by atoms with Gasteiger partial charge in [0.15, 0.2) is 0 Å². The van der Waals surface area contributed by atoms with Gasteiger partial charge in [-0.25, -0.2) is 0 Å². The number of carboxylic acid groups (broad SMARTS) is 1. The summed E-state index contributed by atoms with van der Waals surface area (Å²) < 4.78 is 0. The Morgan fingerprint density at radius 2 is 2.50 bits per heavy atom. The van der Waals surface area contributed by atoms with Crippen LogP contribution in [0.1, 0.15) is 0 Å². The van der Waals surface area contributed by atoms with Crippen LogP contribution in [-0.2, 0) is 4.79 Å². The molecule has 0 aliphatic carbocycles. The highest BCUT2D eigenvalue weighted by atomic mass is 16.4. The third-order valence-corrected chi connectivity index (χ3v) is 0.821. The van der Waals surface area contributed by atoms with Crippen molar-refractivity contribution in [2.45, 2.75) is 6.04 Å². The molecule has 10 heavy (non-hydrogen) atoms. The molecule has 0 fully saturated rings. The first kappa shape index (κ1) is 8.70. The first-order valence-electron chi connectivity index (χ1n) is 2.62. The minimum atomic E-state index is -1.06. The van der Waals surface area contributed by atoms with Crippen LogP contribution in [0.2, 0.25) is 0 Å². The molecule has 6 nitrogen and oxygen atoms in total. The first-order valence-corrected chi connectivity index (χ1v) is 2.62. The van der Waals surface area contributed by atoms with Crippen molar-refractivity contribution in [2.75, 3.05) is 6.54 Å². The highest BCUT2D eigenvalue weighted by Gasteiger charge is 2.08. The molecule has 0 aromatic heterocycles. The summed E-state index contributed by atoms with van der Waals surface area (Å²) in [5, 5.41) is 13.8. The Hall–Kier alpha value is -1.30. The van der Waals surface area contributed by atoms with Crippen LogP contribution < -0.4 is 16.9 Å². The van der Waals surface area contributed by atoms with Gasteiger partial charge in [0, 0.05) is 6.54 Å². The maximum atomic E-state index is 10.1. The molecule has 0 unspecified atom stereocenters. The first-order chi connectivity index (χ1) is 4.68. The van der Waals surface area contributed by atoms with Crippen molar-refractivity contribution < 1.29 is 9.90 Å². The van der Waals surface area contributed by atoms with Crippen LogP contribution in [0.3, 0.4) is 0 Å². The van der Waals surface area contributed by atoms with E-state index in [9.17, 15) is 4.79 Å². The zero-order chi connectivity index (χ0) is 7.98. The summed E-state index contributed by atoms with van der Waals surface area (Å²) in [6.07, 6.45) is 1.18. The predicted octanol–water partition coefficient (Wildman–Crippen LogP) is -2.11. The van der Waals surface area contributed by atoms with Crippen molar-refractivity contribution in [1.29, 1.82) is 0 Å². The number of nitrogens with two attached hydrogens (primary N) is 2. The average molecular weight is 146 g/mol. The van der Waals surface area contributed by atoms with Crippen molar-refractivity contribution in [2.24, 2.45) is 16.7 Å². The Morgan fingerprint density at radius 3 is 2.90 bits per heavy atom. The number of nitrogens with one attached hydrogen (secondary N) is 1. The van der Waals surface area contributed by atoms with Crippen molar-refractivity contribution in [1.82, 2.24) is 5.32 Å². The predicted molar refractivity (Wildman–Crippen MR) is 36.3 cm³/mol. The molecule has 0 radical (unpaired) electrons. The summed E-state index contributed by atoms with van der Waals surface area (Å²) in [4.78, 5) is 10.1. The Balaban J connectivity index is 3.39. The molecule has 0 aromatic rings. The highest BCUT2D eigenvalue weighted by Crippen LogP contribution is 1.72. The van der Waals surface area contributed by atoms with Crippen LogP contribution in [0.15, 0.2) is 5.10 Å². The molecule has 1 atom stereocenters. The molecular formula is C4H10N4O2. The summed E-state index contributed by atoms with van der Waals surface area (Å²) in [5.41, 5.74) is 5.09. The molecule has 6 heteroatoms. The van der Waals surface area contributed by atoms with E-state index in [0.29, 0.717) is 0 Å². The van der Waals surface area contributed by atoms with E-state index < -0.39 is 12.0 Å². The smallest absolute Gasteiger partial charge is 0.322 e. The van der Waals surface area contributed by atoms with Gasteiger partial charge in [-0.1, -0.05) is 0 Å². The molecule has 0 saturated heterocycles. The van der Waals surface area contributed by atoms with Crippen LogP contribution in [0, 0.1) is 0 Å². The fourth-order valence-electron chi connectivity index (χ4n) is 0.320. The van der Waals surface area contributed by atoms with Gasteiger partial charge in [0.2, 0.25) is 0 Å². The van der Waals surface area contributed by atoms with Gasteiger partial charge in [0.25, 0.3) is 0 Å². The van der Waals surface area contributed by atoms with Crippen molar-refractivity contribution in [3.8, 4) is 0 Å². The maximum Gasteiger partial charge on any atom is 0.322 e. The molecule has 0 aliphatic rings. The third-order valence-electron chi connectivity index (χ3n) is 0.821. The third kappa shape index (κ3) is 3.67. The van der Waals surface area contributed by atoms with E-state index in [0.717, 1.165) is 0 Å². The number of rotatable bonds is 4. The number of hydrogen-bond donors (Lipinski definition) is 4. The zero-order valence-corrected chi connectivity index (χ0v) is 5.32. The molecular weight excluding hydrogens is 136 g/mol. The number of hydrogen-bond acceptors (Lipinski definition) is 4. The summed E-state index contributed by atoms with van der Waals surface area (Å²) in [6, 6.07) is -0.919. The fourth-order valence-corrected chi connectivity index (χ4v) is 0.320. The molecule has 6 N–H and O–H groups in total. The summed E-state index contributed by atoms with van der Waals surface area (Å²) in [7, 11) is 0. The van der Waals surface area contributed by atoms with E-state index in [4.69, 9.17) is 16.7 Å². The van der Waals surface area contributed by atoms with Gasteiger partial charge in [-0.05, 0) is 0 Å². The Labute approximate surface area is 57.9 Å². The molecule has 0 aliphatic heterocycles. The van der Waals surface area contributed by atoms with E-state index in [2.05, 4.69) is 10.4 Å². The largest absolute Gasteiger partial charge is 0.480 e. The second-order valence-electron chi connectivity index (χ2n) is 1.63. The van der Waals surface area contributed by atoms with E-state index in [1.54, 1.807) is 0 Å². The van der Waals surface area contributed by atoms with Crippen LogP contribution in [0.4, 0.5) is 0 Å².